The van der Waals surface area contributed by atoms with Crippen molar-refractivity contribution in [3.8, 4) is 0 Å². The summed E-state index contributed by atoms with van der Waals surface area (Å²) in [5.74, 6) is 0. The molecule has 0 radical (unpaired) electrons. The molecule has 2 atom stereocenters. The smallest absolute Gasteiger partial charge is 0.0794 e. The first-order chi connectivity index (χ1) is 11.0. The van der Waals surface area contributed by atoms with Crippen LogP contribution in [0, 0.1) is 0 Å². The summed E-state index contributed by atoms with van der Waals surface area (Å²) in [5.41, 5.74) is 12.1. The van der Waals surface area contributed by atoms with Gasteiger partial charge in [0.15, 0.2) is 0 Å². The standard InChI is InChI=1S/C19H44N4/c1-5-15-22-17(7-3)13-11-9-10-12-14-19(20,21)18(8-4)23-16-6-2/h17-18,22-23H,5-16,20-21H2,1-4H3. The number of hydrogen-bond donors (Lipinski definition) is 4. The largest absolute Gasteiger partial charge is 0.314 e. The third kappa shape index (κ3) is 11.1. The molecule has 0 aliphatic carbocycles. The predicted molar refractivity (Wildman–Crippen MR) is 104 cm³/mol. The number of hydrogen-bond acceptors (Lipinski definition) is 4. The maximum atomic E-state index is 6.36. The van der Waals surface area contributed by atoms with Gasteiger partial charge in [-0.1, -0.05) is 53.4 Å². The van der Waals surface area contributed by atoms with Gasteiger partial charge in [-0.2, -0.15) is 0 Å². The first-order valence-corrected chi connectivity index (χ1v) is 10.1. The van der Waals surface area contributed by atoms with Gasteiger partial charge in [0.1, 0.15) is 0 Å². The lowest BCUT2D eigenvalue weighted by molar-refractivity contribution is 0.268. The van der Waals surface area contributed by atoms with E-state index in [0.29, 0.717) is 6.04 Å². The minimum absolute atomic E-state index is 0.227. The van der Waals surface area contributed by atoms with Crippen molar-refractivity contribution in [1.82, 2.24) is 10.6 Å². The summed E-state index contributed by atoms with van der Waals surface area (Å²) in [7, 11) is 0. The molecule has 0 heterocycles. The van der Waals surface area contributed by atoms with Gasteiger partial charge < -0.3 is 22.1 Å². The highest BCUT2D eigenvalue weighted by molar-refractivity contribution is 4.90. The molecule has 0 saturated heterocycles. The van der Waals surface area contributed by atoms with E-state index in [9.17, 15) is 0 Å². The van der Waals surface area contributed by atoms with E-state index in [4.69, 9.17) is 11.5 Å². The lowest BCUT2D eigenvalue weighted by Crippen LogP contribution is -2.63. The van der Waals surface area contributed by atoms with Gasteiger partial charge >= 0.3 is 0 Å². The molecule has 0 bridgehead atoms. The van der Waals surface area contributed by atoms with Gasteiger partial charge in [0, 0.05) is 12.1 Å². The Hall–Kier alpha value is -0.160. The highest BCUT2D eigenvalue weighted by Gasteiger charge is 2.28. The highest BCUT2D eigenvalue weighted by atomic mass is 15.1. The van der Waals surface area contributed by atoms with Crippen LogP contribution in [0.15, 0.2) is 0 Å². The average molecular weight is 329 g/mol. The molecule has 0 aliphatic heterocycles. The van der Waals surface area contributed by atoms with Crippen LogP contribution in [0.5, 0.6) is 0 Å². The van der Waals surface area contributed by atoms with Crippen LogP contribution in [0.1, 0.15) is 91.9 Å². The van der Waals surface area contributed by atoms with Crippen LogP contribution >= 0.6 is 0 Å². The predicted octanol–water partition coefficient (Wildman–Crippen LogP) is 3.50. The number of nitrogens with two attached hydrogens (primary N) is 2. The van der Waals surface area contributed by atoms with Crippen molar-refractivity contribution in [2.75, 3.05) is 13.1 Å². The van der Waals surface area contributed by atoms with E-state index < -0.39 is 5.66 Å². The molecule has 0 fully saturated rings. The molecule has 0 rings (SSSR count). The Morgan fingerprint density at radius 3 is 1.96 bits per heavy atom. The normalized spacial score (nSPS) is 14.9. The Kier molecular flexibility index (Phi) is 14.1. The van der Waals surface area contributed by atoms with Gasteiger partial charge in [-0.3, -0.25) is 0 Å². The molecule has 0 saturated carbocycles. The average Bonchev–Trinajstić information content (AvgIpc) is 2.54. The van der Waals surface area contributed by atoms with E-state index in [2.05, 4.69) is 38.3 Å². The van der Waals surface area contributed by atoms with Crippen molar-refractivity contribution >= 4 is 0 Å². The van der Waals surface area contributed by atoms with E-state index >= 15 is 0 Å². The molecule has 0 amide bonds. The zero-order chi connectivity index (χ0) is 17.6. The molecular formula is C19H44N4. The SMILES string of the molecule is CCCNC(CC)CCCCCCC(N)(N)C(CC)NCCC. The minimum atomic E-state index is -0.571. The van der Waals surface area contributed by atoms with Gasteiger partial charge in [-0.05, 0) is 51.6 Å². The van der Waals surface area contributed by atoms with Crippen LogP contribution in [-0.4, -0.2) is 30.8 Å². The Labute approximate surface area is 145 Å². The number of rotatable bonds is 16. The molecule has 4 nitrogen and oxygen atoms in total. The van der Waals surface area contributed by atoms with Crippen molar-refractivity contribution in [3.63, 3.8) is 0 Å². The van der Waals surface area contributed by atoms with Crippen LogP contribution in [0.25, 0.3) is 0 Å². The first kappa shape index (κ1) is 22.8. The fourth-order valence-corrected chi connectivity index (χ4v) is 3.18. The molecular weight excluding hydrogens is 284 g/mol. The highest BCUT2D eigenvalue weighted by Crippen LogP contribution is 2.16. The molecule has 0 aliphatic rings. The van der Waals surface area contributed by atoms with Crippen molar-refractivity contribution < 1.29 is 0 Å². The summed E-state index contributed by atoms with van der Waals surface area (Å²) in [6, 6.07) is 0.922. The quantitative estimate of drug-likeness (QED) is 0.258. The second-order valence-corrected chi connectivity index (χ2v) is 7.04. The van der Waals surface area contributed by atoms with Gasteiger partial charge in [-0.15, -0.1) is 0 Å². The van der Waals surface area contributed by atoms with E-state index in [1.807, 2.05) is 0 Å². The van der Waals surface area contributed by atoms with Gasteiger partial charge in [0.05, 0.1) is 5.66 Å². The summed E-state index contributed by atoms with van der Waals surface area (Å²) in [5, 5.41) is 7.12. The summed E-state index contributed by atoms with van der Waals surface area (Å²) in [6.45, 7) is 11.0. The minimum Gasteiger partial charge on any atom is -0.314 e. The molecule has 0 aromatic heterocycles. The Morgan fingerprint density at radius 1 is 0.783 bits per heavy atom. The van der Waals surface area contributed by atoms with Crippen LogP contribution < -0.4 is 22.1 Å². The molecule has 23 heavy (non-hydrogen) atoms. The van der Waals surface area contributed by atoms with Crippen LogP contribution in [-0.2, 0) is 0 Å². The molecule has 0 spiro atoms. The summed E-state index contributed by atoms with van der Waals surface area (Å²) in [6.07, 6.45) is 11.7. The van der Waals surface area contributed by atoms with E-state index in [0.717, 1.165) is 38.8 Å². The Morgan fingerprint density at radius 2 is 1.39 bits per heavy atom. The lowest BCUT2D eigenvalue weighted by atomic mass is 9.92. The first-order valence-electron chi connectivity index (χ1n) is 10.1. The van der Waals surface area contributed by atoms with E-state index in [1.165, 1.54) is 38.5 Å². The molecule has 0 aromatic carbocycles. The molecule has 140 valence electrons. The molecule has 4 heteroatoms. The third-order valence-electron chi connectivity index (χ3n) is 4.79. The maximum Gasteiger partial charge on any atom is 0.0794 e. The summed E-state index contributed by atoms with van der Waals surface area (Å²) >= 11 is 0. The molecule has 6 N–H and O–H groups in total. The van der Waals surface area contributed by atoms with Crippen molar-refractivity contribution in [2.45, 2.75) is 110 Å². The van der Waals surface area contributed by atoms with Crippen LogP contribution in [0.4, 0.5) is 0 Å². The van der Waals surface area contributed by atoms with Gasteiger partial charge in [-0.25, -0.2) is 0 Å². The zero-order valence-corrected chi connectivity index (χ0v) is 16.3. The second-order valence-electron chi connectivity index (χ2n) is 7.04. The Balaban J connectivity index is 3.83. The van der Waals surface area contributed by atoms with Crippen LogP contribution in [0.2, 0.25) is 0 Å². The number of nitrogens with one attached hydrogen (secondary N) is 2. The maximum absolute atomic E-state index is 6.36. The monoisotopic (exact) mass is 328 g/mol. The van der Waals surface area contributed by atoms with Crippen molar-refractivity contribution in [3.05, 3.63) is 0 Å². The molecule has 2 unspecified atom stereocenters. The fraction of sp³-hybridized carbons (Fsp3) is 1.00. The van der Waals surface area contributed by atoms with Gasteiger partial charge in [0.25, 0.3) is 0 Å². The Bertz CT molecular complexity index is 256. The summed E-state index contributed by atoms with van der Waals surface area (Å²) < 4.78 is 0. The fourth-order valence-electron chi connectivity index (χ4n) is 3.18. The zero-order valence-electron chi connectivity index (χ0n) is 16.3. The van der Waals surface area contributed by atoms with Crippen LogP contribution in [0.3, 0.4) is 0 Å². The molecule has 0 aromatic rings. The van der Waals surface area contributed by atoms with Crippen molar-refractivity contribution in [2.24, 2.45) is 11.5 Å². The van der Waals surface area contributed by atoms with Gasteiger partial charge in [0.2, 0.25) is 0 Å². The van der Waals surface area contributed by atoms with Crippen molar-refractivity contribution in [1.29, 1.82) is 0 Å². The second kappa shape index (κ2) is 14.2. The van der Waals surface area contributed by atoms with E-state index in [1.54, 1.807) is 0 Å². The van der Waals surface area contributed by atoms with E-state index in [-0.39, 0.29) is 6.04 Å². The third-order valence-corrected chi connectivity index (χ3v) is 4.79. The summed E-state index contributed by atoms with van der Waals surface area (Å²) in [4.78, 5) is 0. The lowest BCUT2D eigenvalue weighted by Gasteiger charge is -2.34. The topological polar surface area (TPSA) is 76.1 Å². The number of unbranched alkanes of at least 4 members (excludes halogenated alkanes) is 3.